The first-order valence-electron chi connectivity index (χ1n) is 8.38. The van der Waals surface area contributed by atoms with Crippen molar-refractivity contribution in [2.75, 3.05) is 6.61 Å². The molecular formula is C19H18N4O2S. The van der Waals surface area contributed by atoms with Crippen LogP contribution in [0.3, 0.4) is 0 Å². The standard InChI is InChI=1S/C19H18N4O2S/c24-10-9-23-19(20-18(21-23)12-14-4-3-11-26-14)13-22-8-7-17(25)15-5-1-2-6-16(15)22/h1-8,11,24H,9-10,12-13H2. The van der Waals surface area contributed by atoms with Crippen molar-refractivity contribution in [2.24, 2.45) is 0 Å². The van der Waals surface area contributed by atoms with E-state index in [1.54, 1.807) is 28.3 Å². The molecule has 6 nitrogen and oxygen atoms in total. The smallest absolute Gasteiger partial charge is 0.189 e. The van der Waals surface area contributed by atoms with Crippen molar-refractivity contribution in [3.63, 3.8) is 0 Å². The fraction of sp³-hybridized carbons (Fsp3) is 0.211. The highest BCUT2D eigenvalue weighted by atomic mass is 32.1. The summed E-state index contributed by atoms with van der Waals surface area (Å²) in [5.74, 6) is 1.50. The van der Waals surface area contributed by atoms with Crippen LogP contribution in [0.4, 0.5) is 0 Å². The van der Waals surface area contributed by atoms with Gasteiger partial charge in [-0.3, -0.25) is 4.79 Å². The molecule has 0 aliphatic heterocycles. The molecule has 26 heavy (non-hydrogen) atoms. The van der Waals surface area contributed by atoms with E-state index in [-0.39, 0.29) is 12.0 Å². The largest absolute Gasteiger partial charge is 0.394 e. The molecule has 7 heteroatoms. The second-order valence-corrected chi connectivity index (χ2v) is 7.00. The lowest BCUT2D eigenvalue weighted by atomic mass is 10.2. The van der Waals surface area contributed by atoms with Crippen LogP contribution in [0.5, 0.6) is 0 Å². The molecule has 4 rings (SSSR count). The third-order valence-corrected chi connectivity index (χ3v) is 5.09. The lowest BCUT2D eigenvalue weighted by Crippen LogP contribution is -2.14. The molecule has 0 atom stereocenters. The van der Waals surface area contributed by atoms with Crippen molar-refractivity contribution in [3.8, 4) is 0 Å². The number of aromatic nitrogens is 4. The first-order valence-corrected chi connectivity index (χ1v) is 9.26. The SMILES string of the molecule is O=c1ccn(Cc2nc(Cc3cccs3)nn2CCO)c2ccccc12. The van der Waals surface area contributed by atoms with Crippen LogP contribution in [0.1, 0.15) is 16.5 Å². The summed E-state index contributed by atoms with van der Waals surface area (Å²) in [5.41, 5.74) is 0.866. The number of thiophene rings is 1. The van der Waals surface area contributed by atoms with Gasteiger partial charge >= 0.3 is 0 Å². The first kappa shape index (κ1) is 16.7. The number of para-hydroxylation sites is 1. The van der Waals surface area contributed by atoms with E-state index < -0.39 is 0 Å². The summed E-state index contributed by atoms with van der Waals surface area (Å²) < 4.78 is 3.74. The van der Waals surface area contributed by atoms with Crippen LogP contribution in [0.2, 0.25) is 0 Å². The minimum absolute atomic E-state index is 0.000284. The van der Waals surface area contributed by atoms with Gasteiger partial charge in [0.25, 0.3) is 0 Å². The van der Waals surface area contributed by atoms with Crippen molar-refractivity contribution < 1.29 is 5.11 Å². The number of aliphatic hydroxyl groups is 1. The van der Waals surface area contributed by atoms with Gasteiger partial charge in [-0.25, -0.2) is 9.67 Å². The van der Waals surface area contributed by atoms with Crippen LogP contribution in [0, 0.1) is 0 Å². The Morgan fingerprint density at radius 2 is 2.00 bits per heavy atom. The summed E-state index contributed by atoms with van der Waals surface area (Å²) in [7, 11) is 0. The van der Waals surface area contributed by atoms with E-state index >= 15 is 0 Å². The van der Waals surface area contributed by atoms with Gasteiger partial charge in [0.15, 0.2) is 11.3 Å². The molecule has 1 aromatic carbocycles. The summed E-state index contributed by atoms with van der Waals surface area (Å²) in [6.45, 7) is 0.878. The second kappa shape index (κ2) is 7.23. The Morgan fingerprint density at radius 3 is 2.81 bits per heavy atom. The van der Waals surface area contributed by atoms with E-state index in [2.05, 4.69) is 16.1 Å². The van der Waals surface area contributed by atoms with E-state index in [0.717, 1.165) is 17.2 Å². The lowest BCUT2D eigenvalue weighted by molar-refractivity contribution is 0.266. The number of aliphatic hydroxyl groups excluding tert-OH is 1. The Hall–Kier alpha value is -2.77. The summed E-state index contributed by atoms with van der Waals surface area (Å²) in [6, 6.07) is 13.2. The average Bonchev–Trinajstić information content (AvgIpc) is 3.29. The van der Waals surface area contributed by atoms with E-state index in [9.17, 15) is 9.90 Å². The molecule has 0 amide bonds. The fourth-order valence-electron chi connectivity index (χ4n) is 3.01. The Labute approximate surface area is 154 Å². The minimum Gasteiger partial charge on any atom is -0.394 e. The van der Waals surface area contributed by atoms with Crippen molar-refractivity contribution in [3.05, 3.63) is 80.8 Å². The number of pyridine rings is 1. The van der Waals surface area contributed by atoms with Gasteiger partial charge in [-0.2, -0.15) is 5.10 Å². The molecule has 3 aromatic heterocycles. The Bertz CT molecular complexity index is 1080. The van der Waals surface area contributed by atoms with Crippen molar-refractivity contribution in [2.45, 2.75) is 19.5 Å². The molecule has 0 fully saturated rings. The summed E-state index contributed by atoms with van der Waals surface area (Å²) >= 11 is 1.68. The molecule has 0 unspecified atom stereocenters. The highest BCUT2D eigenvalue weighted by Gasteiger charge is 2.12. The summed E-state index contributed by atoms with van der Waals surface area (Å²) in [4.78, 5) is 17.9. The van der Waals surface area contributed by atoms with E-state index in [1.807, 2.05) is 40.3 Å². The lowest BCUT2D eigenvalue weighted by Gasteiger charge is -2.10. The number of rotatable bonds is 6. The topological polar surface area (TPSA) is 72.9 Å². The number of nitrogens with zero attached hydrogens (tertiary/aromatic N) is 4. The molecule has 0 spiro atoms. The zero-order chi connectivity index (χ0) is 17.9. The van der Waals surface area contributed by atoms with Crippen LogP contribution in [0.25, 0.3) is 10.9 Å². The highest BCUT2D eigenvalue weighted by Crippen LogP contribution is 2.15. The summed E-state index contributed by atoms with van der Waals surface area (Å²) in [6.07, 6.45) is 2.45. The quantitative estimate of drug-likeness (QED) is 0.568. The Balaban J connectivity index is 1.70. The number of hydrogen-bond donors (Lipinski definition) is 1. The average molecular weight is 366 g/mol. The van der Waals surface area contributed by atoms with Crippen LogP contribution < -0.4 is 5.43 Å². The van der Waals surface area contributed by atoms with Gasteiger partial charge in [0.05, 0.1) is 25.2 Å². The third kappa shape index (κ3) is 3.31. The molecule has 0 radical (unpaired) electrons. The van der Waals surface area contributed by atoms with Gasteiger partial charge in [0, 0.05) is 28.9 Å². The van der Waals surface area contributed by atoms with Crippen molar-refractivity contribution in [1.82, 2.24) is 19.3 Å². The molecule has 0 saturated carbocycles. The van der Waals surface area contributed by atoms with Crippen molar-refractivity contribution >= 4 is 22.2 Å². The number of benzene rings is 1. The van der Waals surface area contributed by atoms with Gasteiger partial charge in [0.2, 0.25) is 0 Å². The normalized spacial score (nSPS) is 11.3. The van der Waals surface area contributed by atoms with Gasteiger partial charge < -0.3 is 9.67 Å². The first-order chi connectivity index (χ1) is 12.7. The fourth-order valence-corrected chi connectivity index (χ4v) is 3.71. The van der Waals surface area contributed by atoms with E-state index in [0.29, 0.717) is 24.9 Å². The minimum atomic E-state index is -0.000284. The van der Waals surface area contributed by atoms with Gasteiger partial charge in [-0.05, 0) is 23.6 Å². The zero-order valence-corrected chi connectivity index (χ0v) is 14.9. The monoisotopic (exact) mass is 366 g/mol. The molecule has 0 saturated heterocycles. The maximum Gasteiger partial charge on any atom is 0.189 e. The predicted molar refractivity (Wildman–Crippen MR) is 102 cm³/mol. The Morgan fingerprint density at radius 1 is 1.12 bits per heavy atom. The predicted octanol–water partition coefficient (Wildman–Crippen LogP) is 2.29. The van der Waals surface area contributed by atoms with E-state index in [4.69, 9.17) is 0 Å². The van der Waals surface area contributed by atoms with Gasteiger partial charge in [-0.1, -0.05) is 18.2 Å². The maximum absolute atomic E-state index is 12.1. The van der Waals surface area contributed by atoms with Crippen LogP contribution in [-0.2, 0) is 19.5 Å². The molecule has 132 valence electrons. The molecule has 3 heterocycles. The number of hydrogen-bond acceptors (Lipinski definition) is 5. The molecule has 0 bridgehead atoms. The van der Waals surface area contributed by atoms with Gasteiger partial charge in [0.1, 0.15) is 5.82 Å². The van der Waals surface area contributed by atoms with Crippen LogP contribution in [0.15, 0.2) is 58.8 Å². The van der Waals surface area contributed by atoms with Crippen molar-refractivity contribution in [1.29, 1.82) is 0 Å². The second-order valence-electron chi connectivity index (χ2n) is 5.97. The molecular weight excluding hydrogens is 348 g/mol. The van der Waals surface area contributed by atoms with E-state index in [1.165, 1.54) is 4.88 Å². The van der Waals surface area contributed by atoms with Gasteiger partial charge in [-0.15, -0.1) is 11.3 Å². The Kier molecular flexibility index (Phi) is 4.64. The zero-order valence-electron chi connectivity index (χ0n) is 14.1. The molecule has 0 aliphatic carbocycles. The van der Waals surface area contributed by atoms with Crippen LogP contribution >= 0.6 is 11.3 Å². The summed E-state index contributed by atoms with van der Waals surface area (Å²) in [5, 5.41) is 16.6. The maximum atomic E-state index is 12.1. The molecule has 1 N–H and O–H groups in total. The number of fused-ring (bicyclic) bond motifs is 1. The highest BCUT2D eigenvalue weighted by molar-refractivity contribution is 7.09. The van der Waals surface area contributed by atoms with Crippen LogP contribution in [-0.4, -0.2) is 31.0 Å². The molecule has 0 aliphatic rings. The third-order valence-electron chi connectivity index (χ3n) is 4.21. The molecule has 4 aromatic rings.